The molecule has 2 atom stereocenters. The van der Waals surface area contributed by atoms with E-state index in [1.165, 1.54) is 44.6 Å². The van der Waals surface area contributed by atoms with Crippen LogP contribution in [-0.2, 0) is 0 Å². The van der Waals surface area contributed by atoms with Gasteiger partial charge in [0.1, 0.15) is 0 Å². The molecule has 2 unspecified atom stereocenters. The van der Waals surface area contributed by atoms with Gasteiger partial charge in [-0.15, -0.1) is 0 Å². The van der Waals surface area contributed by atoms with Crippen LogP contribution >= 0.6 is 0 Å². The van der Waals surface area contributed by atoms with Gasteiger partial charge in [0.2, 0.25) is 0 Å². The Morgan fingerprint density at radius 1 is 0.545 bits per heavy atom. The van der Waals surface area contributed by atoms with E-state index < -0.39 is 0 Å². The number of allylic oxidation sites excluding steroid dienone is 20. The topological polar surface area (TPSA) is 0 Å². The van der Waals surface area contributed by atoms with Gasteiger partial charge in [-0.2, -0.15) is 0 Å². The fraction of sp³-hybridized carbons (Fsp3) is 0.318. The fourth-order valence-corrected chi connectivity index (χ4v) is 7.70. The first-order valence-electron chi connectivity index (χ1n) is 16.0. The summed E-state index contributed by atoms with van der Waals surface area (Å²) in [7, 11) is 0. The summed E-state index contributed by atoms with van der Waals surface area (Å²) in [6.07, 6.45) is 27.1. The van der Waals surface area contributed by atoms with Gasteiger partial charge in [0, 0.05) is 22.0 Å². The normalized spacial score (nSPS) is 26.7. The Kier molecular flexibility index (Phi) is 6.23. The lowest BCUT2D eigenvalue weighted by Crippen LogP contribution is -2.50. The highest BCUT2D eigenvalue weighted by atomic mass is 14.6. The molecule has 0 saturated carbocycles. The molecule has 0 spiro atoms. The van der Waals surface area contributed by atoms with Gasteiger partial charge in [-0.3, -0.25) is 0 Å². The summed E-state index contributed by atoms with van der Waals surface area (Å²) in [5, 5.41) is 0. The molecule has 0 heteroatoms. The third-order valence-electron chi connectivity index (χ3n) is 10.6. The van der Waals surface area contributed by atoms with Crippen LogP contribution in [0.1, 0.15) is 66.5 Å². The second kappa shape index (κ2) is 9.62. The molecular formula is C44H42. The largest absolute Gasteiger partial charge is 0.0860 e. The molecule has 0 fully saturated rings. The van der Waals surface area contributed by atoms with Gasteiger partial charge >= 0.3 is 0 Å². The monoisotopic (exact) mass is 570 g/mol. The van der Waals surface area contributed by atoms with Crippen molar-refractivity contribution in [2.24, 2.45) is 33.5 Å². The third-order valence-corrected chi connectivity index (χ3v) is 10.6. The standard InChI is InChI=1S/C44H42/c1-41(2,3)31-25-37-33-19-13-14-20-34(33)38-26-32(42(4,5)6)28-40-36(24-22-30-17-11-12-18-30)35(23-21-29-15-9-10-16-29)39(27-31)43(37,7)44(38,40)8/h9-20,25-30H,1-8H3. The second-order valence-corrected chi connectivity index (χ2v) is 15.3. The van der Waals surface area contributed by atoms with E-state index in [4.69, 9.17) is 0 Å². The first kappa shape index (κ1) is 28.5. The van der Waals surface area contributed by atoms with E-state index in [1.807, 2.05) is 0 Å². The zero-order chi connectivity index (χ0) is 31.1. The number of rotatable bonds is 0. The van der Waals surface area contributed by atoms with Crippen molar-refractivity contribution in [2.75, 3.05) is 0 Å². The van der Waals surface area contributed by atoms with Gasteiger partial charge in [0.25, 0.3) is 0 Å². The van der Waals surface area contributed by atoms with Crippen LogP contribution in [0.15, 0.2) is 131 Å². The van der Waals surface area contributed by atoms with Crippen molar-refractivity contribution in [3.8, 4) is 23.7 Å². The van der Waals surface area contributed by atoms with Gasteiger partial charge in [-0.05, 0) is 55.4 Å². The Bertz CT molecular complexity index is 1770. The van der Waals surface area contributed by atoms with Crippen LogP contribution in [0.3, 0.4) is 0 Å². The number of hydrogen-bond donors (Lipinski definition) is 0. The quantitative estimate of drug-likeness (QED) is 0.272. The van der Waals surface area contributed by atoms with Gasteiger partial charge in [0.05, 0.1) is 11.8 Å². The van der Waals surface area contributed by atoms with Crippen LogP contribution in [0.4, 0.5) is 0 Å². The molecule has 218 valence electrons. The summed E-state index contributed by atoms with van der Waals surface area (Å²) in [5.41, 5.74) is 12.2. The van der Waals surface area contributed by atoms with Crippen molar-refractivity contribution in [1.82, 2.24) is 0 Å². The summed E-state index contributed by atoms with van der Waals surface area (Å²) in [5.74, 6) is 15.1. The minimum Gasteiger partial charge on any atom is -0.0860 e. The van der Waals surface area contributed by atoms with E-state index in [-0.39, 0.29) is 33.5 Å². The lowest BCUT2D eigenvalue weighted by Gasteiger charge is -2.60. The molecule has 0 nitrogen and oxygen atoms in total. The Morgan fingerprint density at radius 2 is 0.909 bits per heavy atom. The molecule has 0 heterocycles. The van der Waals surface area contributed by atoms with Gasteiger partial charge < -0.3 is 0 Å². The number of fused-ring (bicyclic) bond motifs is 3. The Balaban J connectivity index is 1.66. The van der Waals surface area contributed by atoms with Crippen LogP contribution in [-0.4, -0.2) is 0 Å². The first-order chi connectivity index (χ1) is 20.8. The SMILES string of the molecule is CC(C)(C)C1=CC2=C(C#CC3C=CC=C3)C(C#CC3C=CC=C3)=C3C=C(C(C)(C)C)C=C4c5ccccc5C(=C1)C2(C)C43C. The molecule has 6 aliphatic carbocycles. The predicted octanol–water partition coefficient (Wildman–Crippen LogP) is 10.5. The molecule has 0 bridgehead atoms. The minimum atomic E-state index is -0.319. The summed E-state index contributed by atoms with van der Waals surface area (Å²) in [6.45, 7) is 18.9. The van der Waals surface area contributed by atoms with E-state index in [1.54, 1.807) is 0 Å². The average molecular weight is 571 g/mol. The Hall–Kier alpha value is -4.26. The highest BCUT2D eigenvalue weighted by Crippen LogP contribution is 2.72. The molecule has 0 N–H and O–H groups in total. The number of hydrogen-bond acceptors (Lipinski definition) is 0. The molecular weight excluding hydrogens is 528 g/mol. The smallest absolute Gasteiger partial charge is 0.0573 e. The highest BCUT2D eigenvalue weighted by molar-refractivity contribution is 6.00. The van der Waals surface area contributed by atoms with E-state index in [9.17, 15) is 0 Å². The van der Waals surface area contributed by atoms with Crippen molar-refractivity contribution >= 4 is 11.1 Å². The lowest BCUT2D eigenvalue weighted by atomic mass is 9.41. The molecule has 44 heavy (non-hydrogen) atoms. The number of benzene rings is 1. The molecule has 7 rings (SSSR count). The van der Waals surface area contributed by atoms with Crippen LogP contribution in [0, 0.1) is 57.2 Å². The lowest BCUT2D eigenvalue weighted by molar-refractivity contribution is 0.295. The third kappa shape index (κ3) is 4.08. The maximum Gasteiger partial charge on any atom is 0.0573 e. The van der Waals surface area contributed by atoms with Crippen LogP contribution < -0.4 is 0 Å². The molecule has 0 aliphatic heterocycles. The van der Waals surface area contributed by atoms with E-state index in [2.05, 4.69) is 176 Å². The maximum absolute atomic E-state index is 3.78. The summed E-state index contributed by atoms with van der Waals surface area (Å²) < 4.78 is 0. The molecule has 1 aromatic carbocycles. The van der Waals surface area contributed by atoms with E-state index in [0.29, 0.717) is 0 Å². The fourth-order valence-electron chi connectivity index (χ4n) is 7.70. The zero-order valence-corrected chi connectivity index (χ0v) is 27.4. The zero-order valence-electron chi connectivity index (χ0n) is 27.4. The first-order valence-corrected chi connectivity index (χ1v) is 16.0. The summed E-state index contributed by atoms with van der Waals surface area (Å²) in [6, 6.07) is 9.07. The van der Waals surface area contributed by atoms with E-state index in [0.717, 1.165) is 11.1 Å². The van der Waals surface area contributed by atoms with Crippen molar-refractivity contribution in [1.29, 1.82) is 0 Å². The molecule has 6 aliphatic rings. The van der Waals surface area contributed by atoms with Crippen molar-refractivity contribution in [3.63, 3.8) is 0 Å². The van der Waals surface area contributed by atoms with Gasteiger partial charge in [-0.1, -0.05) is 176 Å². The van der Waals surface area contributed by atoms with Gasteiger partial charge in [-0.25, -0.2) is 0 Å². The molecule has 0 saturated heterocycles. The van der Waals surface area contributed by atoms with Crippen LogP contribution in [0.5, 0.6) is 0 Å². The summed E-state index contributed by atoms with van der Waals surface area (Å²) >= 11 is 0. The van der Waals surface area contributed by atoms with E-state index >= 15 is 0 Å². The molecule has 0 amide bonds. The maximum atomic E-state index is 3.78. The van der Waals surface area contributed by atoms with Crippen molar-refractivity contribution in [3.05, 3.63) is 142 Å². The average Bonchev–Trinajstić information content (AvgIpc) is 3.68. The van der Waals surface area contributed by atoms with Gasteiger partial charge in [0.15, 0.2) is 0 Å². The molecule has 0 aromatic heterocycles. The predicted molar refractivity (Wildman–Crippen MR) is 187 cm³/mol. The molecule has 0 radical (unpaired) electrons. The summed E-state index contributed by atoms with van der Waals surface area (Å²) in [4.78, 5) is 0. The van der Waals surface area contributed by atoms with Crippen LogP contribution in [0.25, 0.3) is 11.1 Å². The van der Waals surface area contributed by atoms with Crippen LogP contribution in [0.2, 0.25) is 0 Å². The van der Waals surface area contributed by atoms with Crippen molar-refractivity contribution in [2.45, 2.75) is 55.4 Å². The second-order valence-electron chi connectivity index (χ2n) is 15.3. The van der Waals surface area contributed by atoms with Crippen molar-refractivity contribution < 1.29 is 0 Å². The minimum absolute atomic E-state index is 0.0239. The molecule has 1 aromatic rings. The Labute approximate surface area is 264 Å². The highest BCUT2D eigenvalue weighted by Gasteiger charge is 2.61. The Morgan fingerprint density at radius 3 is 1.25 bits per heavy atom.